The van der Waals surface area contributed by atoms with Crippen LogP contribution in [0.15, 0.2) is 60.7 Å². The standard InChI is InChI=1S/C33H44N4O3.2ClH/c1-22(2)27-19-25(34)20-28(23(3)4)31(27)36-32(38)35-21-33(24-10-9-11-26(18-24)39-5)14-16-37(17-15-33)29-12-7-8-13-30(29)40-6;;/h7-13,18-20,22-23H,14-17,21,34H2,1-6H3,(H2,35,36,38);2*1H. The number of piperidine rings is 1. The van der Waals surface area contributed by atoms with E-state index in [0.717, 1.165) is 65.6 Å². The van der Waals surface area contributed by atoms with E-state index in [0.29, 0.717) is 6.54 Å². The molecule has 0 unspecified atom stereocenters. The maximum atomic E-state index is 13.5. The minimum absolute atomic E-state index is 0. The molecule has 1 aliphatic rings. The highest BCUT2D eigenvalue weighted by molar-refractivity contribution is 5.92. The molecule has 0 aromatic heterocycles. The van der Waals surface area contributed by atoms with Crippen LogP contribution in [0, 0.1) is 0 Å². The van der Waals surface area contributed by atoms with Gasteiger partial charge in [0, 0.05) is 36.4 Å². The smallest absolute Gasteiger partial charge is 0.319 e. The van der Waals surface area contributed by atoms with Crippen LogP contribution in [-0.2, 0) is 5.41 Å². The van der Waals surface area contributed by atoms with E-state index in [1.165, 1.54) is 5.56 Å². The molecule has 1 heterocycles. The zero-order valence-corrected chi connectivity index (χ0v) is 27.2. The molecule has 230 valence electrons. The number of para-hydroxylation sites is 2. The normalized spacial score (nSPS) is 14.0. The highest BCUT2D eigenvalue weighted by atomic mass is 35.5. The first-order valence-corrected chi connectivity index (χ1v) is 14.2. The van der Waals surface area contributed by atoms with Crippen LogP contribution in [0.4, 0.5) is 21.9 Å². The summed E-state index contributed by atoms with van der Waals surface area (Å²) in [7, 11) is 3.40. The van der Waals surface area contributed by atoms with E-state index in [4.69, 9.17) is 15.2 Å². The molecule has 1 fully saturated rings. The predicted octanol–water partition coefficient (Wildman–Crippen LogP) is 7.74. The van der Waals surface area contributed by atoms with Gasteiger partial charge >= 0.3 is 6.03 Å². The molecule has 0 spiro atoms. The van der Waals surface area contributed by atoms with Gasteiger partial charge in [0.1, 0.15) is 11.5 Å². The summed E-state index contributed by atoms with van der Waals surface area (Å²) in [6.07, 6.45) is 1.74. The van der Waals surface area contributed by atoms with Crippen molar-refractivity contribution in [1.82, 2.24) is 5.32 Å². The summed E-state index contributed by atoms with van der Waals surface area (Å²) in [5.41, 5.74) is 11.9. The number of nitrogen functional groups attached to an aromatic ring is 1. The van der Waals surface area contributed by atoms with Crippen molar-refractivity contribution in [3.05, 3.63) is 77.4 Å². The maximum Gasteiger partial charge on any atom is 0.319 e. The molecule has 9 heteroatoms. The summed E-state index contributed by atoms with van der Waals surface area (Å²) in [5, 5.41) is 6.43. The first-order valence-electron chi connectivity index (χ1n) is 14.2. The van der Waals surface area contributed by atoms with Gasteiger partial charge in [-0.25, -0.2) is 4.79 Å². The summed E-state index contributed by atoms with van der Waals surface area (Å²) < 4.78 is 11.2. The van der Waals surface area contributed by atoms with Crippen LogP contribution >= 0.6 is 24.8 Å². The summed E-state index contributed by atoms with van der Waals surface area (Å²) >= 11 is 0. The monoisotopic (exact) mass is 616 g/mol. The van der Waals surface area contributed by atoms with Crippen molar-refractivity contribution in [2.75, 3.05) is 49.8 Å². The molecular weight excluding hydrogens is 571 g/mol. The third-order valence-electron chi connectivity index (χ3n) is 8.12. The Kier molecular flexibility index (Phi) is 12.7. The van der Waals surface area contributed by atoms with E-state index in [2.05, 4.69) is 61.4 Å². The minimum atomic E-state index is -0.243. The summed E-state index contributed by atoms with van der Waals surface area (Å²) in [6, 6.07) is 20.1. The molecule has 0 atom stereocenters. The van der Waals surface area contributed by atoms with Gasteiger partial charge in [-0.2, -0.15) is 0 Å². The van der Waals surface area contributed by atoms with Gasteiger partial charge in [-0.05, 0) is 77.8 Å². The molecule has 42 heavy (non-hydrogen) atoms. The largest absolute Gasteiger partial charge is 0.497 e. The van der Waals surface area contributed by atoms with Crippen LogP contribution < -0.4 is 30.7 Å². The van der Waals surface area contributed by atoms with Gasteiger partial charge < -0.3 is 30.7 Å². The van der Waals surface area contributed by atoms with Gasteiger partial charge in [-0.1, -0.05) is 52.0 Å². The SMILES string of the molecule is COc1cccc(C2(CNC(=O)Nc3c(C(C)C)cc(N)cc3C(C)C)CCN(c3ccccc3OC)CC2)c1.Cl.Cl. The van der Waals surface area contributed by atoms with Gasteiger partial charge in [-0.15, -0.1) is 24.8 Å². The van der Waals surface area contributed by atoms with Gasteiger partial charge in [-0.3, -0.25) is 0 Å². The van der Waals surface area contributed by atoms with Gasteiger partial charge in [0.2, 0.25) is 0 Å². The van der Waals surface area contributed by atoms with Crippen molar-refractivity contribution in [3.63, 3.8) is 0 Å². The number of urea groups is 1. The van der Waals surface area contributed by atoms with E-state index in [-0.39, 0.29) is 48.1 Å². The zero-order valence-electron chi connectivity index (χ0n) is 25.5. The number of carbonyl (C=O) groups excluding carboxylic acids is 1. The number of carbonyl (C=O) groups is 1. The predicted molar refractivity (Wildman–Crippen MR) is 180 cm³/mol. The Hall–Kier alpha value is -3.29. The average Bonchev–Trinajstić information content (AvgIpc) is 2.96. The Balaban J connectivity index is 0.00000308. The lowest BCUT2D eigenvalue weighted by atomic mass is 9.72. The van der Waals surface area contributed by atoms with Crippen molar-refractivity contribution in [3.8, 4) is 11.5 Å². The molecule has 3 aromatic rings. The fourth-order valence-corrected chi connectivity index (χ4v) is 5.76. The molecular formula is C33H46Cl2N4O3. The lowest BCUT2D eigenvalue weighted by Crippen LogP contribution is -2.49. The number of nitrogens with two attached hydrogens (primary N) is 1. The Bertz CT molecular complexity index is 1300. The number of ether oxygens (including phenoxy) is 2. The van der Waals surface area contributed by atoms with Crippen LogP contribution in [-0.4, -0.2) is 39.9 Å². The van der Waals surface area contributed by atoms with E-state index in [9.17, 15) is 4.79 Å². The van der Waals surface area contributed by atoms with E-state index in [1.54, 1.807) is 14.2 Å². The van der Waals surface area contributed by atoms with Gasteiger partial charge in [0.05, 0.1) is 19.9 Å². The number of methoxy groups -OCH3 is 2. The maximum absolute atomic E-state index is 13.5. The second kappa shape index (κ2) is 15.3. The molecule has 0 saturated carbocycles. The fraction of sp³-hybridized carbons (Fsp3) is 0.424. The topological polar surface area (TPSA) is 88.8 Å². The summed E-state index contributed by atoms with van der Waals surface area (Å²) in [5.74, 6) is 2.13. The van der Waals surface area contributed by atoms with Crippen molar-refractivity contribution in [2.45, 2.75) is 57.8 Å². The molecule has 0 radical (unpaired) electrons. The molecule has 3 aromatic carbocycles. The Morgan fingerprint density at radius 3 is 2.10 bits per heavy atom. The van der Waals surface area contributed by atoms with Crippen LogP contribution in [0.3, 0.4) is 0 Å². The lowest BCUT2D eigenvalue weighted by molar-refractivity contribution is 0.244. The number of hydrogen-bond acceptors (Lipinski definition) is 5. The minimum Gasteiger partial charge on any atom is -0.497 e. The van der Waals surface area contributed by atoms with Crippen molar-refractivity contribution >= 4 is 47.9 Å². The van der Waals surface area contributed by atoms with Crippen LogP contribution in [0.2, 0.25) is 0 Å². The number of halogens is 2. The van der Waals surface area contributed by atoms with Crippen molar-refractivity contribution in [1.29, 1.82) is 0 Å². The zero-order chi connectivity index (χ0) is 28.9. The Labute approximate surface area is 263 Å². The number of amides is 2. The average molecular weight is 618 g/mol. The number of anilines is 3. The third kappa shape index (κ3) is 7.75. The first-order chi connectivity index (χ1) is 19.2. The second-order valence-electron chi connectivity index (χ2n) is 11.4. The van der Waals surface area contributed by atoms with Gasteiger partial charge in [0.15, 0.2) is 0 Å². The molecule has 4 N–H and O–H groups in total. The quantitative estimate of drug-likeness (QED) is 0.214. The summed E-state index contributed by atoms with van der Waals surface area (Å²) in [4.78, 5) is 15.8. The van der Waals surface area contributed by atoms with Crippen molar-refractivity contribution < 1.29 is 14.3 Å². The van der Waals surface area contributed by atoms with Crippen LogP contribution in [0.1, 0.15) is 69.1 Å². The number of rotatable bonds is 9. The summed E-state index contributed by atoms with van der Waals surface area (Å²) in [6.45, 7) is 10.7. The molecule has 1 aliphatic heterocycles. The highest BCUT2D eigenvalue weighted by Crippen LogP contribution is 2.40. The second-order valence-corrected chi connectivity index (χ2v) is 11.4. The van der Waals surface area contributed by atoms with Crippen molar-refractivity contribution in [2.24, 2.45) is 0 Å². The Morgan fingerprint density at radius 2 is 1.52 bits per heavy atom. The molecule has 7 nitrogen and oxygen atoms in total. The first kappa shape index (κ1) is 34.9. The highest BCUT2D eigenvalue weighted by Gasteiger charge is 2.37. The van der Waals surface area contributed by atoms with Crippen LogP contribution in [0.25, 0.3) is 0 Å². The van der Waals surface area contributed by atoms with E-state index < -0.39 is 0 Å². The Morgan fingerprint density at radius 1 is 0.905 bits per heavy atom. The lowest BCUT2D eigenvalue weighted by Gasteiger charge is -2.43. The molecule has 0 bridgehead atoms. The number of hydrogen-bond donors (Lipinski definition) is 3. The third-order valence-corrected chi connectivity index (χ3v) is 8.12. The van der Waals surface area contributed by atoms with Gasteiger partial charge in [0.25, 0.3) is 0 Å². The van der Waals surface area contributed by atoms with E-state index >= 15 is 0 Å². The number of nitrogens with one attached hydrogen (secondary N) is 2. The molecule has 0 aliphatic carbocycles. The van der Waals surface area contributed by atoms with E-state index in [1.807, 2.05) is 42.5 Å². The molecule has 1 saturated heterocycles. The van der Waals surface area contributed by atoms with Crippen LogP contribution in [0.5, 0.6) is 11.5 Å². The number of nitrogens with zero attached hydrogens (tertiary/aromatic N) is 1. The molecule has 2 amide bonds. The fourth-order valence-electron chi connectivity index (χ4n) is 5.76. The molecule has 4 rings (SSSR count). The number of benzene rings is 3.